The van der Waals surface area contributed by atoms with Crippen molar-refractivity contribution in [2.45, 2.75) is 34.1 Å². The van der Waals surface area contributed by atoms with Crippen LogP contribution >= 0.6 is 15.9 Å². The van der Waals surface area contributed by atoms with Crippen LogP contribution in [0.1, 0.15) is 34.1 Å². The van der Waals surface area contributed by atoms with Crippen LogP contribution in [-0.2, 0) is 4.74 Å². The number of rotatable bonds is 5. The summed E-state index contributed by atoms with van der Waals surface area (Å²) < 4.78 is 5.53. The number of ether oxygens (including phenoxy) is 1. The lowest BCUT2D eigenvalue weighted by molar-refractivity contribution is 0.0895. The highest BCUT2D eigenvalue weighted by Crippen LogP contribution is 2.18. The molecule has 0 aliphatic rings. The Kier molecular flexibility index (Phi) is 6.20. The molecule has 74 valence electrons. The van der Waals surface area contributed by atoms with Gasteiger partial charge in [0, 0.05) is 18.5 Å². The first-order valence-corrected chi connectivity index (χ1v) is 5.71. The summed E-state index contributed by atoms with van der Waals surface area (Å²) >= 11 is 3.43. The molecule has 0 spiro atoms. The zero-order chi connectivity index (χ0) is 9.61. The molecular formula is C10H21BrO. The Labute approximate surface area is 85.0 Å². The van der Waals surface area contributed by atoms with Gasteiger partial charge in [-0.1, -0.05) is 43.6 Å². The highest BCUT2D eigenvalue weighted by atomic mass is 79.9. The molecule has 0 aromatic carbocycles. The van der Waals surface area contributed by atoms with Gasteiger partial charge in [0.1, 0.15) is 0 Å². The molecular weight excluding hydrogens is 216 g/mol. The third-order valence-electron chi connectivity index (χ3n) is 1.66. The second-order valence-corrected chi connectivity index (χ2v) is 5.29. The molecule has 0 saturated carbocycles. The maximum absolute atomic E-state index is 5.53. The molecule has 0 fully saturated rings. The summed E-state index contributed by atoms with van der Waals surface area (Å²) in [6.45, 7) is 10.7. The summed E-state index contributed by atoms with van der Waals surface area (Å²) in [5.74, 6) is 0.630. The smallest absolute Gasteiger partial charge is 0.0499 e. The Morgan fingerprint density at radius 1 is 1.33 bits per heavy atom. The predicted octanol–water partition coefficient (Wildman–Crippen LogP) is 3.47. The third kappa shape index (κ3) is 8.54. The second kappa shape index (κ2) is 5.98. The molecule has 12 heavy (non-hydrogen) atoms. The molecule has 2 heteroatoms. The Bertz CT molecular complexity index is 107. The summed E-state index contributed by atoms with van der Waals surface area (Å²) in [4.78, 5) is 0. The van der Waals surface area contributed by atoms with Crippen molar-refractivity contribution in [3.05, 3.63) is 0 Å². The monoisotopic (exact) mass is 236 g/mol. The van der Waals surface area contributed by atoms with E-state index in [1.54, 1.807) is 0 Å². The van der Waals surface area contributed by atoms with Crippen molar-refractivity contribution in [3.63, 3.8) is 0 Å². The van der Waals surface area contributed by atoms with Crippen LogP contribution in [0.2, 0.25) is 0 Å². The average Bonchev–Trinajstić information content (AvgIpc) is 1.96. The lowest BCUT2D eigenvalue weighted by atomic mass is 9.93. The summed E-state index contributed by atoms with van der Waals surface area (Å²) in [7, 11) is 0. The zero-order valence-corrected chi connectivity index (χ0v) is 10.3. The van der Waals surface area contributed by atoms with Gasteiger partial charge in [-0.15, -0.1) is 0 Å². The Hall–Kier alpha value is 0.440. The minimum atomic E-state index is 0.400. The van der Waals surface area contributed by atoms with Crippen LogP contribution in [0.15, 0.2) is 0 Å². The summed E-state index contributed by atoms with van der Waals surface area (Å²) in [6, 6.07) is 0. The maximum Gasteiger partial charge on any atom is 0.0499 e. The molecule has 0 rings (SSSR count). The van der Waals surface area contributed by atoms with Crippen LogP contribution < -0.4 is 0 Å². The summed E-state index contributed by atoms with van der Waals surface area (Å²) in [5.41, 5.74) is 0.400. The lowest BCUT2D eigenvalue weighted by Crippen LogP contribution is -2.13. The van der Waals surface area contributed by atoms with Gasteiger partial charge in [-0.2, -0.15) is 0 Å². The van der Waals surface area contributed by atoms with Gasteiger partial charge in [0.05, 0.1) is 0 Å². The highest BCUT2D eigenvalue weighted by Gasteiger charge is 2.09. The molecule has 0 aliphatic heterocycles. The van der Waals surface area contributed by atoms with E-state index in [9.17, 15) is 0 Å². The van der Waals surface area contributed by atoms with Crippen molar-refractivity contribution in [2.24, 2.45) is 11.3 Å². The molecule has 0 radical (unpaired) electrons. The number of halogens is 1. The molecule has 0 saturated heterocycles. The minimum absolute atomic E-state index is 0.400. The Morgan fingerprint density at radius 3 is 2.33 bits per heavy atom. The van der Waals surface area contributed by atoms with Crippen molar-refractivity contribution >= 4 is 15.9 Å². The largest absolute Gasteiger partial charge is 0.381 e. The van der Waals surface area contributed by atoms with Crippen molar-refractivity contribution < 1.29 is 4.74 Å². The van der Waals surface area contributed by atoms with Gasteiger partial charge in [0.2, 0.25) is 0 Å². The lowest BCUT2D eigenvalue weighted by Gasteiger charge is -2.18. The summed E-state index contributed by atoms with van der Waals surface area (Å²) in [6.07, 6.45) is 1.14. The van der Waals surface area contributed by atoms with Gasteiger partial charge < -0.3 is 4.74 Å². The van der Waals surface area contributed by atoms with Crippen molar-refractivity contribution in [3.8, 4) is 0 Å². The fourth-order valence-electron chi connectivity index (χ4n) is 0.707. The predicted molar refractivity (Wildman–Crippen MR) is 57.8 cm³/mol. The fraction of sp³-hybridized carbons (Fsp3) is 1.00. The maximum atomic E-state index is 5.53. The van der Waals surface area contributed by atoms with E-state index in [-0.39, 0.29) is 0 Å². The molecule has 1 unspecified atom stereocenters. The van der Waals surface area contributed by atoms with E-state index in [0.717, 1.165) is 25.0 Å². The fourth-order valence-corrected chi connectivity index (χ4v) is 0.894. The third-order valence-corrected chi connectivity index (χ3v) is 2.77. The van der Waals surface area contributed by atoms with Gasteiger partial charge in [0.25, 0.3) is 0 Å². The average molecular weight is 237 g/mol. The number of hydrogen-bond donors (Lipinski definition) is 0. The molecule has 1 nitrogen and oxygen atoms in total. The quantitative estimate of drug-likeness (QED) is 0.525. The molecule has 0 heterocycles. The van der Waals surface area contributed by atoms with E-state index in [1.807, 2.05) is 0 Å². The van der Waals surface area contributed by atoms with Gasteiger partial charge >= 0.3 is 0 Å². The van der Waals surface area contributed by atoms with E-state index in [0.29, 0.717) is 11.3 Å². The van der Waals surface area contributed by atoms with Gasteiger partial charge in [-0.3, -0.25) is 0 Å². The van der Waals surface area contributed by atoms with E-state index in [1.165, 1.54) is 0 Å². The van der Waals surface area contributed by atoms with E-state index >= 15 is 0 Å². The van der Waals surface area contributed by atoms with Crippen molar-refractivity contribution in [2.75, 3.05) is 18.5 Å². The van der Waals surface area contributed by atoms with E-state index in [2.05, 4.69) is 43.6 Å². The van der Waals surface area contributed by atoms with Crippen LogP contribution in [0.25, 0.3) is 0 Å². The summed E-state index contributed by atoms with van der Waals surface area (Å²) in [5, 5.41) is 1.03. The van der Waals surface area contributed by atoms with Gasteiger partial charge in [-0.25, -0.2) is 0 Å². The van der Waals surface area contributed by atoms with Crippen LogP contribution in [0.5, 0.6) is 0 Å². The van der Waals surface area contributed by atoms with E-state index in [4.69, 9.17) is 4.74 Å². The Morgan fingerprint density at radius 2 is 1.92 bits per heavy atom. The SMILES string of the molecule is CC(CBr)COCCC(C)(C)C. The van der Waals surface area contributed by atoms with Crippen LogP contribution in [0, 0.1) is 11.3 Å². The molecule has 0 aromatic heterocycles. The number of alkyl halides is 1. The Balaban J connectivity index is 3.22. The standard InChI is InChI=1S/C10H21BrO/c1-9(7-11)8-12-6-5-10(2,3)4/h9H,5-8H2,1-4H3. The van der Waals surface area contributed by atoms with Crippen molar-refractivity contribution in [1.82, 2.24) is 0 Å². The second-order valence-electron chi connectivity index (χ2n) is 4.65. The van der Waals surface area contributed by atoms with E-state index < -0.39 is 0 Å². The first-order chi connectivity index (χ1) is 5.45. The molecule has 0 N–H and O–H groups in total. The topological polar surface area (TPSA) is 9.23 Å². The molecule has 0 aromatic rings. The minimum Gasteiger partial charge on any atom is -0.381 e. The van der Waals surface area contributed by atoms with Crippen LogP contribution in [0.4, 0.5) is 0 Å². The highest BCUT2D eigenvalue weighted by molar-refractivity contribution is 9.09. The van der Waals surface area contributed by atoms with Gasteiger partial charge in [0.15, 0.2) is 0 Å². The van der Waals surface area contributed by atoms with Crippen LogP contribution in [0.3, 0.4) is 0 Å². The molecule has 1 atom stereocenters. The van der Waals surface area contributed by atoms with Crippen LogP contribution in [-0.4, -0.2) is 18.5 Å². The first-order valence-electron chi connectivity index (χ1n) is 4.59. The molecule has 0 aliphatic carbocycles. The van der Waals surface area contributed by atoms with Crippen molar-refractivity contribution in [1.29, 1.82) is 0 Å². The number of hydrogen-bond acceptors (Lipinski definition) is 1. The first kappa shape index (κ1) is 12.4. The normalized spacial score (nSPS) is 14.8. The van der Waals surface area contributed by atoms with Gasteiger partial charge in [-0.05, 0) is 17.8 Å². The zero-order valence-electron chi connectivity index (χ0n) is 8.69. The molecule has 0 bridgehead atoms. The molecule has 0 amide bonds.